The smallest absolute Gasteiger partial charge is 0.124 e. The van der Waals surface area contributed by atoms with Gasteiger partial charge in [0.15, 0.2) is 0 Å². The summed E-state index contributed by atoms with van der Waals surface area (Å²) in [5.74, 6) is 1.79. The van der Waals surface area contributed by atoms with Crippen LogP contribution >= 0.6 is 15.9 Å². The number of nitrogens with one attached hydrogen (secondary N) is 2. The van der Waals surface area contributed by atoms with Crippen LogP contribution < -0.4 is 5.32 Å². The van der Waals surface area contributed by atoms with Crippen LogP contribution in [0.3, 0.4) is 0 Å². The van der Waals surface area contributed by atoms with Crippen molar-refractivity contribution in [3.8, 4) is 0 Å². The highest BCUT2D eigenvalue weighted by atomic mass is 79.9. The Kier molecular flexibility index (Phi) is 2.82. The molecule has 1 fully saturated rings. The third kappa shape index (κ3) is 1.95. The fourth-order valence-corrected chi connectivity index (χ4v) is 3.46. The summed E-state index contributed by atoms with van der Waals surface area (Å²) in [5.41, 5.74) is 2.20. The van der Waals surface area contributed by atoms with Crippen molar-refractivity contribution in [2.24, 2.45) is 5.92 Å². The zero-order chi connectivity index (χ0) is 13.7. The highest BCUT2D eigenvalue weighted by molar-refractivity contribution is 9.10. The van der Waals surface area contributed by atoms with Gasteiger partial charge in [0, 0.05) is 9.86 Å². The maximum absolute atomic E-state index is 4.77. The van der Waals surface area contributed by atoms with Crippen LogP contribution in [0, 0.1) is 5.92 Å². The van der Waals surface area contributed by atoms with Gasteiger partial charge < -0.3 is 10.3 Å². The number of fused-ring (bicyclic) bond motifs is 3. The average molecular weight is 330 g/mol. The molecule has 20 heavy (non-hydrogen) atoms. The number of imidazole rings is 1. The predicted molar refractivity (Wildman–Crippen MR) is 85.8 cm³/mol. The molecular formula is C16H16BrN3. The molecule has 0 bridgehead atoms. The molecule has 3 nitrogen and oxygen atoms in total. The van der Waals surface area contributed by atoms with Crippen molar-refractivity contribution in [1.82, 2.24) is 15.3 Å². The molecule has 0 radical (unpaired) electrons. The predicted octanol–water partition coefficient (Wildman–Crippen LogP) is 4.15. The van der Waals surface area contributed by atoms with Gasteiger partial charge in [0.05, 0.1) is 17.1 Å². The van der Waals surface area contributed by atoms with Gasteiger partial charge in [-0.05, 0) is 42.5 Å². The SMILES string of the molecule is C[C@@H]1CN[C@H](c2nc3ccc4cc(Br)ccc4c3[nH]2)C1. The molecule has 0 unspecified atom stereocenters. The normalized spacial score (nSPS) is 22.9. The number of H-pyrrole nitrogens is 1. The molecular weight excluding hydrogens is 314 g/mol. The molecule has 0 amide bonds. The summed E-state index contributed by atoms with van der Waals surface area (Å²) in [7, 11) is 0. The van der Waals surface area contributed by atoms with E-state index in [1.54, 1.807) is 0 Å². The van der Waals surface area contributed by atoms with E-state index in [1.807, 2.05) is 0 Å². The number of rotatable bonds is 1. The lowest BCUT2D eigenvalue weighted by Gasteiger charge is -2.05. The van der Waals surface area contributed by atoms with Crippen LogP contribution in [0.15, 0.2) is 34.8 Å². The van der Waals surface area contributed by atoms with Crippen molar-refractivity contribution < 1.29 is 0 Å². The summed E-state index contributed by atoms with van der Waals surface area (Å²) in [6.07, 6.45) is 1.16. The summed E-state index contributed by atoms with van der Waals surface area (Å²) >= 11 is 3.53. The second-order valence-electron chi connectivity index (χ2n) is 5.75. The summed E-state index contributed by atoms with van der Waals surface area (Å²) in [4.78, 5) is 8.30. The number of aromatic nitrogens is 2. The molecule has 1 aliphatic heterocycles. The quantitative estimate of drug-likeness (QED) is 0.704. The van der Waals surface area contributed by atoms with Crippen molar-refractivity contribution in [1.29, 1.82) is 0 Å². The zero-order valence-electron chi connectivity index (χ0n) is 11.3. The van der Waals surface area contributed by atoms with Crippen molar-refractivity contribution >= 4 is 37.7 Å². The summed E-state index contributed by atoms with van der Waals surface area (Å²) in [6.45, 7) is 3.36. The molecule has 1 saturated heterocycles. The molecule has 0 aliphatic carbocycles. The van der Waals surface area contributed by atoms with Crippen LogP contribution in [0.2, 0.25) is 0 Å². The number of halogens is 1. The minimum atomic E-state index is 0.364. The van der Waals surface area contributed by atoms with Gasteiger partial charge in [0.2, 0.25) is 0 Å². The molecule has 2 aromatic carbocycles. The van der Waals surface area contributed by atoms with Crippen LogP contribution in [0.5, 0.6) is 0 Å². The Morgan fingerprint density at radius 1 is 1.25 bits per heavy atom. The molecule has 4 heteroatoms. The number of nitrogens with zero attached hydrogens (tertiary/aromatic N) is 1. The van der Waals surface area contributed by atoms with Gasteiger partial charge in [-0.15, -0.1) is 0 Å². The van der Waals surface area contributed by atoms with E-state index < -0.39 is 0 Å². The second kappa shape index (κ2) is 4.57. The third-order valence-corrected chi connectivity index (χ3v) is 4.63. The molecule has 2 N–H and O–H groups in total. The Bertz CT molecular complexity index is 793. The van der Waals surface area contributed by atoms with Crippen LogP contribution in [0.1, 0.15) is 25.2 Å². The van der Waals surface area contributed by atoms with Crippen molar-refractivity contribution in [3.05, 3.63) is 40.6 Å². The van der Waals surface area contributed by atoms with Gasteiger partial charge in [-0.25, -0.2) is 4.98 Å². The van der Waals surface area contributed by atoms with E-state index in [1.165, 1.54) is 10.8 Å². The lowest BCUT2D eigenvalue weighted by molar-refractivity contribution is 0.589. The fourth-order valence-electron chi connectivity index (χ4n) is 3.09. The van der Waals surface area contributed by atoms with Gasteiger partial charge in [-0.3, -0.25) is 0 Å². The van der Waals surface area contributed by atoms with E-state index in [2.05, 4.69) is 63.5 Å². The summed E-state index contributed by atoms with van der Waals surface area (Å²) < 4.78 is 1.11. The summed E-state index contributed by atoms with van der Waals surface area (Å²) in [6, 6.07) is 11.0. The Hall–Kier alpha value is -1.39. The first kappa shape index (κ1) is 12.4. The molecule has 0 saturated carbocycles. The topological polar surface area (TPSA) is 40.7 Å². The van der Waals surface area contributed by atoms with Gasteiger partial charge in [0.25, 0.3) is 0 Å². The average Bonchev–Trinajstić information content (AvgIpc) is 3.03. The number of aromatic amines is 1. The molecule has 1 aromatic heterocycles. The van der Waals surface area contributed by atoms with Crippen molar-refractivity contribution in [3.63, 3.8) is 0 Å². The van der Waals surface area contributed by atoms with Gasteiger partial charge in [-0.1, -0.05) is 35.0 Å². The Balaban J connectivity index is 1.88. The van der Waals surface area contributed by atoms with Crippen LogP contribution in [0.4, 0.5) is 0 Å². The molecule has 2 atom stereocenters. The second-order valence-corrected chi connectivity index (χ2v) is 6.66. The first-order valence-electron chi connectivity index (χ1n) is 7.02. The lowest BCUT2D eigenvalue weighted by atomic mass is 10.1. The monoisotopic (exact) mass is 329 g/mol. The minimum absolute atomic E-state index is 0.364. The Morgan fingerprint density at radius 3 is 2.95 bits per heavy atom. The zero-order valence-corrected chi connectivity index (χ0v) is 12.9. The first-order valence-corrected chi connectivity index (χ1v) is 7.81. The minimum Gasteiger partial charge on any atom is -0.340 e. The molecule has 102 valence electrons. The molecule has 1 aliphatic rings. The molecule has 2 heterocycles. The van der Waals surface area contributed by atoms with Gasteiger partial charge in [0.1, 0.15) is 5.82 Å². The van der Waals surface area contributed by atoms with Crippen molar-refractivity contribution in [2.75, 3.05) is 6.54 Å². The first-order chi connectivity index (χ1) is 9.70. The molecule has 0 spiro atoms. The van der Waals surface area contributed by atoms with E-state index in [4.69, 9.17) is 4.98 Å². The van der Waals surface area contributed by atoms with E-state index in [-0.39, 0.29) is 0 Å². The Labute approximate surface area is 125 Å². The number of hydrogen-bond donors (Lipinski definition) is 2. The number of benzene rings is 2. The standard InChI is InChI=1S/C16H16BrN3/c1-9-6-14(18-8-9)16-19-13-5-2-10-7-11(17)3-4-12(10)15(13)20-16/h2-5,7,9,14,18H,6,8H2,1H3,(H,19,20)/t9-,14-/m0/s1. The van der Waals surface area contributed by atoms with E-state index in [0.29, 0.717) is 6.04 Å². The van der Waals surface area contributed by atoms with Crippen molar-refractivity contribution in [2.45, 2.75) is 19.4 Å². The van der Waals surface area contributed by atoms with E-state index in [0.717, 1.165) is 40.2 Å². The van der Waals surface area contributed by atoms with Crippen LogP contribution in [-0.2, 0) is 0 Å². The maximum Gasteiger partial charge on any atom is 0.124 e. The highest BCUT2D eigenvalue weighted by Crippen LogP contribution is 2.30. The maximum atomic E-state index is 4.77. The van der Waals surface area contributed by atoms with Crippen LogP contribution in [-0.4, -0.2) is 16.5 Å². The fraction of sp³-hybridized carbons (Fsp3) is 0.312. The lowest BCUT2D eigenvalue weighted by Crippen LogP contribution is -2.14. The third-order valence-electron chi connectivity index (χ3n) is 4.13. The highest BCUT2D eigenvalue weighted by Gasteiger charge is 2.24. The number of hydrogen-bond acceptors (Lipinski definition) is 2. The van der Waals surface area contributed by atoms with E-state index >= 15 is 0 Å². The van der Waals surface area contributed by atoms with Gasteiger partial charge >= 0.3 is 0 Å². The summed E-state index contributed by atoms with van der Waals surface area (Å²) in [5, 5.41) is 6.00. The Morgan fingerprint density at radius 2 is 2.15 bits per heavy atom. The molecule has 3 aromatic rings. The van der Waals surface area contributed by atoms with Gasteiger partial charge in [-0.2, -0.15) is 0 Å². The van der Waals surface area contributed by atoms with E-state index in [9.17, 15) is 0 Å². The largest absolute Gasteiger partial charge is 0.340 e. The van der Waals surface area contributed by atoms with Crippen LogP contribution in [0.25, 0.3) is 21.8 Å². The molecule has 4 rings (SSSR count).